The van der Waals surface area contributed by atoms with Crippen molar-refractivity contribution in [2.75, 3.05) is 0 Å². The molecule has 0 saturated heterocycles. The van der Waals surface area contributed by atoms with E-state index in [0.29, 0.717) is 6.42 Å². The minimum atomic E-state index is 0.227. The maximum atomic E-state index is 11.1. The van der Waals surface area contributed by atoms with E-state index in [1.165, 1.54) is 0 Å². The van der Waals surface area contributed by atoms with Gasteiger partial charge in [-0.05, 0) is 12.8 Å². The highest BCUT2D eigenvalue weighted by Gasteiger charge is 2.10. The molecule has 3 nitrogen and oxygen atoms in total. The first-order valence-corrected chi connectivity index (χ1v) is 4.08. The van der Waals surface area contributed by atoms with Gasteiger partial charge in [0.25, 0.3) is 0 Å². The fourth-order valence-electron chi connectivity index (χ4n) is 1.41. The second-order valence-corrected chi connectivity index (χ2v) is 2.93. The lowest BCUT2D eigenvalue weighted by atomic mass is 10.0. The van der Waals surface area contributed by atoms with Gasteiger partial charge < -0.3 is 4.57 Å². The molecule has 0 bridgehead atoms. The van der Waals surface area contributed by atoms with Crippen LogP contribution in [-0.4, -0.2) is 15.3 Å². The molecule has 1 aliphatic carbocycles. The van der Waals surface area contributed by atoms with Crippen LogP contribution in [0.5, 0.6) is 0 Å². The highest BCUT2D eigenvalue weighted by Crippen LogP contribution is 2.18. The molecule has 1 aromatic heterocycles. The number of carbonyl (C=O) groups is 1. The first kappa shape index (κ1) is 7.28. The van der Waals surface area contributed by atoms with Crippen LogP contribution in [0.2, 0.25) is 0 Å². The van der Waals surface area contributed by atoms with Gasteiger partial charge in [-0.3, -0.25) is 4.79 Å². The monoisotopic (exact) mass is 162 g/mol. The number of carbonyl (C=O) groups excluding carboxylic acids is 1. The van der Waals surface area contributed by atoms with Crippen LogP contribution in [0.4, 0.5) is 0 Å². The molecule has 0 radical (unpaired) electrons. The summed E-state index contributed by atoms with van der Waals surface area (Å²) in [5.74, 6) is 0.227. The summed E-state index contributed by atoms with van der Waals surface area (Å²) in [5.41, 5.74) is 1.06. The Morgan fingerprint density at radius 2 is 2.33 bits per heavy atom. The number of imidazole rings is 1. The molecular formula is C9H10N2O. The van der Waals surface area contributed by atoms with E-state index in [4.69, 9.17) is 0 Å². The lowest BCUT2D eigenvalue weighted by molar-refractivity contribution is -0.114. The van der Waals surface area contributed by atoms with Crippen LogP contribution in [0.15, 0.2) is 24.8 Å². The molecular weight excluding hydrogens is 152 g/mol. The summed E-state index contributed by atoms with van der Waals surface area (Å²) in [6, 6.07) is 0. The third-order valence-electron chi connectivity index (χ3n) is 2.02. The number of ketones is 1. The minimum absolute atomic E-state index is 0.227. The van der Waals surface area contributed by atoms with E-state index < -0.39 is 0 Å². The van der Waals surface area contributed by atoms with E-state index in [1.807, 2.05) is 10.8 Å². The lowest BCUT2D eigenvalue weighted by Gasteiger charge is -2.11. The van der Waals surface area contributed by atoms with Gasteiger partial charge in [-0.25, -0.2) is 4.98 Å². The predicted octanol–water partition coefficient (Wildman–Crippen LogP) is 1.48. The standard InChI is InChI=1S/C9H10N2O/c12-9-3-1-2-8(6-9)11-5-4-10-7-11/h4-7H,1-3H2. The molecule has 0 spiro atoms. The van der Waals surface area contributed by atoms with Gasteiger partial charge in [0.15, 0.2) is 5.78 Å². The maximum Gasteiger partial charge on any atom is 0.157 e. The van der Waals surface area contributed by atoms with Gasteiger partial charge in [0, 0.05) is 30.6 Å². The Labute approximate surface area is 70.7 Å². The van der Waals surface area contributed by atoms with Crippen LogP contribution in [0, 0.1) is 0 Å². The Morgan fingerprint density at radius 3 is 3.00 bits per heavy atom. The van der Waals surface area contributed by atoms with Crippen molar-refractivity contribution >= 4 is 11.5 Å². The average molecular weight is 162 g/mol. The van der Waals surface area contributed by atoms with Crippen molar-refractivity contribution in [3.05, 3.63) is 24.8 Å². The van der Waals surface area contributed by atoms with Gasteiger partial charge in [0.1, 0.15) is 0 Å². The van der Waals surface area contributed by atoms with Crippen molar-refractivity contribution in [1.29, 1.82) is 0 Å². The summed E-state index contributed by atoms with van der Waals surface area (Å²) >= 11 is 0. The lowest BCUT2D eigenvalue weighted by Crippen LogP contribution is -2.05. The quantitative estimate of drug-likeness (QED) is 0.626. The molecule has 0 aromatic carbocycles. The average Bonchev–Trinajstić information content (AvgIpc) is 2.56. The van der Waals surface area contributed by atoms with Crippen molar-refractivity contribution in [2.45, 2.75) is 19.3 Å². The molecule has 2 rings (SSSR count). The van der Waals surface area contributed by atoms with Crippen molar-refractivity contribution in [3.63, 3.8) is 0 Å². The molecule has 0 fully saturated rings. The van der Waals surface area contributed by atoms with Crippen LogP contribution in [0.1, 0.15) is 19.3 Å². The Hall–Kier alpha value is -1.38. The molecule has 3 heteroatoms. The van der Waals surface area contributed by atoms with Crippen LogP contribution >= 0.6 is 0 Å². The Kier molecular flexibility index (Phi) is 1.78. The van der Waals surface area contributed by atoms with E-state index in [-0.39, 0.29) is 5.78 Å². The van der Waals surface area contributed by atoms with E-state index in [2.05, 4.69) is 4.98 Å². The molecule has 0 amide bonds. The molecule has 1 aromatic rings. The molecule has 1 aliphatic rings. The predicted molar refractivity (Wildman–Crippen MR) is 45.4 cm³/mol. The molecule has 0 N–H and O–H groups in total. The fraction of sp³-hybridized carbons (Fsp3) is 0.333. The summed E-state index contributed by atoms with van der Waals surface area (Å²) in [6.07, 6.45) is 9.66. The number of hydrogen-bond donors (Lipinski definition) is 0. The molecule has 12 heavy (non-hydrogen) atoms. The molecule has 62 valence electrons. The third kappa shape index (κ3) is 1.30. The number of rotatable bonds is 1. The van der Waals surface area contributed by atoms with Gasteiger partial charge >= 0.3 is 0 Å². The smallest absolute Gasteiger partial charge is 0.157 e. The first-order chi connectivity index (χ1) is 5.86. The number of aromatic nitrogens is 2. The summed E-state index contributed by atoms with van der Waals surface area (Å²) in [4.78, 5) is 15.0. The number of allylic oxidation sites excluding steroid dienone is 2. The molecule has 0 unspecified atom stereocenters. The van der Waals surface area contributed by atoms with Crippen molar-refractivity contribution in [3.8, 4) is 0 Å². The highest BCUT2D eigenvalue weighted by molar-refractivity contribution is 5.95. The summed E-state index contributed by atoms with van der Waals surface area (Å²) in [6.45, 7) is 0. The Bertz CT molecular complexity index is 311. The fourth-order valence-corrected chi connectivity index (χ4v) is 1.41. The zero-order valence-electron chi connectivity index (χ0n) is 6.73. The van der Waals surface area contributed by atoms with Crippen LogP contribution in [0.25, 0.3) is 5.70 Å². The van der Waals surface area contributed by atoms with Gasteiger partial charge in [0.05, 0.1) is 6.33 Å². The minimum Gasteiger partial charge on any atom is -0.310 e. The second-order valence-electron chi connectivity index (χ2n) is 2.93. The van der Waals surface area contributed by atoms with E-state index in [9.17, 15) is 4.79 Å². The van der Waals surface area contributed by atoms with E-state index in [0.717, 1.165) is 18.5 Å². The second kappa shape index (κ2) is 2.93. The Morgan fingerprint density at radius 1 is 1.42 bits per heavy atom. The van der Waals surface area contributed by atoms with Crippen molar-refractivity contribution < 1.29 is 4.79 Å². The SMILES string of the molecule is O=C1C=C(n2ccnc2)CCC1. The van der Waals surface area contributed by atoms with Gasteiger partial charge in [-0.2, -0.15) is 0 Å². The Balaban J connectivity index is 2.29. The highest BCUT2D eigenvalue weighted by atomic mass is 16.1. The topological polar surface area (TPSA) is 34.9 Å². The molecule has 1 heterocycles. The molecule has 0 aliphatic heterocycles. The zero-order chi connectivity index (χ0) is 8.39. The van der Waals surface area contributed by atoms with Crippen molar-refractivity contribution in [2.24, 2.45) is 0 Å². The van der Waals surface area contributed by atoms with Crippen LogP contribution < -0.4 is 0 Å². The van der Waals surface area contributed by atoms with Gasteiger partial charge in [-0.1, -0.05) is 0 Å². The van der Waals surface area contributed by atoms with E-state index >= 15 is 0 Å². The summed E-state index contributed by atoms with van der Waals surface area (Å²) in [7, 11) is 0. The van der Waals surface area contributed by atoms with Crippen LogP contribution in [0.3, 0.4) is 0 Å². The third-order valence-corrected chi connectivity index (χ3v) is 2.02. The molecule has 0 saturated carbocycles. The van der Waals surface area contributed by atoms with E-state index in [1.54, 1.807) is 18.6 Å². The molecule has 0 atom stereocenters. The van der Waals surface area contributed by atoms with Gasteiger partial charge in [-0.15, -0.1) is 0 Å². The normalized spacial score (nSPS) is 17.7. The number of hydrogen-bond acceptors (Lipinski definition) is 2. The number of nitrogens with zero attached hydrogens (tertiary/aromatic N) is 2. The largest absolute Gasteiger partial charge is 0.310 e. The summed E-state index contributed by atoms with van der Waals surface area (Å²) in [5, 5.41) is 0. The van der Waals surface area contributed by atoms with Crippen LogP contribution in [-0.2, 0) is 4.79 Å². The maximum absolute atomic E-state index is 11.1. The first-order valence-electron chi connectivity index (χ1n) is 4.08. The van der Waals surface area contributed by atoms with Crippen molar-refractivity contribution in [1.82, 2.24) is 9.55 Å². The summed E-state index contributed by atoms with van der Waals surface area (Å²) < 4.78 is 1.90. The van der Waals surface area contributed by atoms with Gasteiger partial charge in [0.2, 0.25) is 0 Å². The zero-order valence-corrected chi connectivity index (χ0v) is 6.73.